The van der Waals surface area contributed by atoms with Crippen LogP contribution in [0.25, 0.3) is 0 Å². The molecule has 0 saturated heterocycles. The molecule has 134 valence electrons. The van der Waals surface area contributed by atoms with E-state index >= 15 is 0 Å². The summed E-state index contributed by atoms with van der Waals surface area (Å²) in [5, 5.41) is 16.0. The molecule has 0 aliphatic heterocycles. The number of nitrogens with one attached hydrogen (secondary N) is 2. The van der Waals surface area contributed by atoms with Gasteiger partial charge in [0.2, 0.25) is 5.91 Å². The van der Waals surface area contributed by atoms with E-state index in [9.17, 15) is 9.90 Å². The van der Waals surface area contributed by atoms with E-state index < -0.39 is 0 Å². The molecule has 24 heavy (non-hydrogen) atoms. The molecule has 3 N–H and O–H groups in total. The Hall–Kier alpha value is -1.39. The maximum Gasteiger partial charge on any atom is 0.225 e. The zero-order valence-electron chi connectivity index (χ0n) is 15.1. The molecule has 0 spiro atoms. The van der Waals surface area contributed by atoms with Crippen LogP contribution in [0.1, 0.15) is 57.4 Å². The largest absolute Gasteiger partial charge is 0.396 e. The van der Waals surface area contributed by atoms with Crippen molar-refractivity contribution >= 4 is 11.6 Å². The van der Waals surface area contributed by atoms with Gasteiger partial charge in [0, 0.05) is 30.8 Å². The van der Waals surface area contributed by atoms with Crippen molar-refractivity contribution in [1.29, 1.82) is 0 Å². The summed E-state index contributed by atoms with van der Waals surface area (Å²) in [5.74, 6) is 0.670. The van der Waals surface area contributed by atoms with Crippen molar-refractivity contribution in [2.24, 2.45) is 5.92 Å². The molecule has 1 fully saturated rings. The number of carbonyl (C=O) groups excluding carboxylic acids is 1. The molecule has 0 heterocycles. The van der Waals surface area contributed by atoms with Crippen LogP contribution in [0.2, 0.25) is 0 Å². The first-order chi connectivity index (χ1) is 11.6. The second-order valence-electron chi connectivity index (χ2n) is 7.15. The van der Waals surface area contributed by atoms with E-state index in [-0.39, 0.29) is 18.6 Å². The van der Waals surface area contributed by atoms with Gasteiger partial charge in [0.1, 0.15) is 0 Å². The number of carbonyl (C=O) groups is 1. The van der Waals surface area contributed by atoms with Crippen molar-refractivity contribution in [2.45, 2.75) is 70.9 Å². The lowest BCUT2D eigenvalue weighted by molar-refractivity contribution is -0.116. The molecule has 0 aromatic heterocycles. The molecule has 2 unspecified atom stereocenters. The van der Waals surface area contributed by atoms with Gasteiger partial charge in [0.05, 0.1) is 0 Å². The summed E-state index contributed by atoms with van der Waals surface area (Å²) < 4.78 is 0. The molecule has 1 saturated carbocycles. The van der Waals surface area contributed by atoms with Gasteiger partial charge in [-0.1, -0.05) is 37.5 Å². The maximum atomic E-state index is 12.3. The molecule has 1 aliphatic rings. The summed E-state index contributed by atoms with van der Waals surface area (Å²) in [7, 11) is 0. The number of amides is 1. The van der Waals surface area contributed by atoms with Gasteiger partial charge in [-0.3, -0.25) is 4.79 Å². The summed E-state index contributed by atoms with van der Waals surface area (Å²) in [6, 6.07) is 8.26. The van der Waals surface area contributed by atoms with E-state index in [1.54, 1.807) is 0 Å². The van der Waals surface area contributed by atoms with Gasteiger partial charge in [-0.2, -0.15) is 0 Å². The third kappa shape index (κ3) is 5.91. The first-order valence-corrected chi connectivity index (χ1v) is 9.32. The van der Waals surface area contributed by atoms with Crippen LogP contribution in [0.5, 0.6) is 0 Å². The Morgan fingerprint density at radius 3 is 2.62 bits per heavy atom. The smallest absolute Gasteiger partial charge is 0.225 e. The average molecular weight is 332 g/mol. The molecule has 1 amide bonds. The normalized spacial score (nSPS) is 18.1. The maximum absolute atomic E-state index is 12.3. The fourth-order valence-corrected chi connectivity index (χ4v) is 3.75. The molecule has 0 bridgehead atoms. The molecule has 4 heteroatoms. The average Bonchev–Trinajstić information content (AvgIpc) is 2.57. The second kappa shape index (κ2) is 9.80. The van der Waals surface area contributed by atoms with Crippen LogP contribution in [0.4, 0.5) is 5.69 Å². The number of hydrogen-bond donors (Lipinski definition) is 3. The highest BCUT2D eigenvalue weighted by atomic mass is 16.3. The molecule has 1 aromatic rings. The lowest BCUT2D eigenvalue weighted by Gasteiger charge is -2.33. The molecule has 2 atom stereocenters. The van der Waals surface area contributed by atoms with Crippen LogP contribution in [-0.4, -0.2) is 29.7 Å². The summed E-state index contributed by atoms with van der Waals surface area (Å²) in [4.78, 5) is 12.3. The van der Waals surface area contributed by atoms with Gasteiger partial charge >= 0.3 is 0 Å². The standard InChI is InChI=1S/C20H32N2O2/c1-15-8-6-7-11-18(15)22-20(24)14-16(2)21-19(12-13-23)17-9-4-3-5-10-17/h6-8,11,16-17,19,21,23H,3-5,9-10,12-14H2,1-2H3,(H,22,24). The van der Waals surface area contributed by atoms with Gasteiger partial charge < -0.3 is 15.7 Å². The Balaban J connectivity index is 1.84. The zero-order valence-corrected chi connectivity index (χ0v) is 15.1. The molecule has 0 radical (unpaired) electrons. The topological polar surface area (TPSA) is 61.4 Å². The third-order valence-electron chi connectivity index (χ3n) is 5.07. The first kappa shape index (κ1) is 18.9. The van der Waals surface area contributed by atoms with E-state index in [0.29, 0.717) is 18.4 Å². The van der Waals surface area contributed by atoms with E-state index in [2.05, 4.69) is 17.6 Å². The first-order valence-electron chi connectivity index (χ1n) is 9.32. The number of aryl methyl sites for hydroxylation is 1. The van der Waals surface area contributed by atoms with Crippen molar-refractivity contribution in [3.05, 3.63) is 29.8 Å². The number of aliphatic hydroxyl groups is 1. The Kier molecular flexibility index (Phi) is 7.73. The Labute approximate surface area is 146 Å². The predicted octanol–water partition coefficient (Wildman–Crippen LogP) is 3.63. The minimum Gasteiger partial charge on any atom is -0.396 e. The van der Waals surface area contributed by atoms with Crippen LogP contribution < -0.4 is 10.6 Å². The summed E-state index contributed by atoms with van der Waals surface area (Å²) in [6.07, 6.45) is 7.60. The highest BCUT2D eigenvalue weighted by Crippen LogP contribution is 2.28. The van der Waals surface area contributed by atoms with Crippen LogP contribution >= 0.6 is 0 Å². The summed E-state index contributed by atoms with van der Waals surface area (Å²) in [5.41, 5.74) is 1.96. The third-order valence-corrected chi connectivity index (χ3v) is 5.07. The number of hydrogen-bond acceptors (Lipinski definition) is 3. The Morgan fingerprint density at radius 1 is 1.25 bits per heavy atom. The number of anilines is 1. The molecule has 4 nitrogen and oxygen atoms in total. The van der Waals surface area contributed by atoms with Crippen LogP contribution in [0.15, 0.2) is 24.3 Å². The van der Waals surface area contributed by atoms with Crippen molar-refractivity contribution in [3.63, 3.8) is 0 Å². The number of para-hydroxylation sites is 1. The monoisotopic (exact) mass is 332 g/mol. The molecular weight excluding hydrogens is 300 g/mol. The lowest BCUT2D eigenvalue weighted by atomic mass is 9.82. The minimum absolute atomic E-state index is 0.0377. The highest BCUT2D eigenvalue weighted by molar-refractivity contribution is 5.91. The zero-order chi connectivity index (χ0) is 17.4. The van der Waals surface area contributed by atoms with Crippen molar-refractivity contribution in [2.75, 3.05) is 11.9 Å². The van der Waals surface area contributed by atoms with E-state index in [1.807, 2.05) is 31.2 Å². The lowest BCUT2D eigenvalue weighted by Crippen LogP contribution is -2.44. The van der Waals surface area contributed by atoms with Gasteiger partial charge in [0.15, 0.2) is 0 Å². The predicted molar refractivity (Wildman–Crippen MR) is 99.1 cm³/mol. The number of benzene rings is 1. The summed E-state index contributed by atoms with van der Waals surface area (Å²) in [6.45, 7) is 4.26. The minimum atomic E-state index is 0.0377. The SMILES string of the molecule is Cc1ccccc1NC(=O)CC(C)NC(CCO)C1CCCCC1. The fourth-order valence-electron chi connectivity index (χ4n) is 3.75. The van der Waals surface area contributed by atoms with Gasteiger partial charge in [0.25, 0.3) is 0 Å². The Bertz CT molecular complexity index is 512. The van der Waals surface area contributed by atoms with Crippen LogP contribution in [0, 0.1) is 12.8 Å². The Morgan fingerprint density at radius 2 is 1.96 bits per heavy atom. The van der Waals surface area contributed by atoms with Crippen LogP contribution in [0.3, 0.4) is 0 Å². The van der Waals surface area contributed by atoms with Crippen molar-refractivity contribution in [1.82, 2.24) is 5.32 Å². The number of rotatable bonds is 8. The molecular formula is C20H32N2O2. The van der Waals surface area contributed by atoms with E-state index in [0.717, 1.165) is 17.7 Å². The van der Waals surface area contributed by atoms with Gasteiger partial charge in [-0.05, 0) is 50.7 Å². The van der Waals surface area contributed by atoms with Gasteiger partial charge in [-0.25, -0.2) is 0 Å². The fraction of sp³-hybridized carbons (Fsp3) is 0.650. The van der Waals surface area contributed by atoms with Crippen molar-refractivity contribution in [3.8, 4) is 0 Å². The molecule has 2 rings (SSSR count). The van der Waals surface area contributed by atoms with Gasteiger partial charge in [-0.15, -0.1) is 0 Å². The molecule has 1 aromatic carbocycles. The summed E-state index contributed by atoms with van der Waals surface area (Å²) >= 11 is 0. The highest BCUT2D eigenvalue weighted by Gasteiger charge is 2.25. The van der Waals surface area contributed by atoms with Crippen LogP contribution in [-0.2, 0) is 4.79 Å². The van der Waals surface area contributed by atoms with E-state index in [4.69, 9.17) is 0 Å². The molecule has 1 aliphatic carbocycles. The second-order valence-corrected chi connectivity index (χ2v) is 7.15. The number of aliphatic hydroxyl groups excluding tert-OH is 1. The van der Waals surface area contributed by atoms with E-state index in [1.165, 1.54) is 32.1 Å². The quantitative estimate of drug-likeness (QED) is 0.681. The van der Waals surface area contributed by atoms with Crippen molar-refractivity contribution < 1.29 is 9.90 Å².